The minimum Gasteiger partial charge on any atom is -0.365 e. The first kappa shape index (κ1) is 12.1. The first-order valence-electron chi connectivity index (χ1n) is 5.66. The molecule has 0 saturated heterocycles. The fourth-order valence-electron chi connectivity index (χ4n) is 1.73. The lowest BCUT2D eigenvalue weighted by atomic mass is 10.2. The number of nitrogens with two attached hydrogens (primary N) is 1. The lowest BCUT2D eigenvalue weighted by molar-refractivity contribution is 0.100. The molecule has 2 aromatic heterocycles. The van der Waals surface area contributed by atoms with Crippen molar-refractivity contribution in [2.45, 2.75) is 13.3 Å². The van der Waals surface area contributed by atoms with Gasteiger partial charge in [0.2, 0.25) is 0 Å². The molecule has 0 atom stereocenters. The molecule has 0 aromatic carbocycles. The van der Waals surface area contributed by atoms with Crippen LogP contribution >= 0.6 is 0 Å². The Morgan fingerprint density at radius 3 is 3.00 bits per heavy atom. The summed E-state index contributed by atoms with van der Waals surface area (Å²) < 4.78 is 1.72. The number of aryl methyl sites for hydroxylation is 2. The van der Waals surface area contributed by atoms with Crippen molar-refractivity contribution in [1.82, 2.24) is 14.8 Å². The van der Waals surface area contributed by atoms with Gasteiger partial charge in [-0.3, -0.25) is 9.48 Å². The zero-order valence-corrected chi connectivity index (χ0v) is 10.3. The van der Waals surface area contributed by atoms with Crippen molar-refractivity contribution < 1.29 is 4.79 Å². The van der Waals surface area contributed by atoms with Crippen LogP contribution in [-0.4, -0.2) is 20.7 Å². The van der Waals surface area contributed by atoms with Crippen LogP contribution in [0.5, 0.6) is 0 Å². The minimum absolute atomic E-state index is 0.364. The maximum atomic E-state index is 11.3. The minimum atomic E-state index is -0.507. The van der Waals surface area contributed by atoms with Gasteiger partial charge in [-0.15, -0.1) is 0 Å². The normalized spacial score (nSPS) is 10.3. The Hall–Kier alpha value is -2.37. The zero-order chi connectivity index (χ0) is 13.1. The van der Waals surface area contributed by atoms with Crippen molar-refractivity contribution in [3.63, 3.8) is 0 Å². The van der Waals surface area contributed by atoms with E-state index in [0.717, 1.165) is 17.8 Å². The third-order valence-electron chi connectivity index (χ3n) is 2.57. The first-order chi connectivity index (χ1) is 8.61. The number of rotatable bonds is 4. The Morgan fingerprint density at radius 1 is 1.56 bits per heavy atom. The third kappa shape index (κ3) is 2.32. The molecule has 0 spiro atoms. The lowest BCUT2D eigenvalue weighted by Gasteiger charge is -2.07. The molecule has 2 heterocycles. The van der Waals surface area contributed by atoms with Crippen molar-refractivity contribution in [1.29, 1.82) is 0 Å². The molecule has 2 aromatic rings. The molecule has 0 aliphatic heterocycles. The summed E-state index contributed by atoms with van der Waals surface area (Å²) in [7, 11) is 1.84. The zero-order valence-electron chi connectivity index (χ0n) is 10.3. The summed E-state index contributed by atoms with van der Waals surface area (Å²) in [5, 5.41) is 7.41. The van der Waals surface area contributed by atoms with Crippen LogP contribution < -0.4 is 11.1 Å². The Bertz CT molecular complexity index is 576. The fraction of sp³-hybridized carbons (Fsp3) is 0.250. The predicted molar refractivity (Wildman–Crippen MR) is 68.6 cm³/mol. The Labute approximate surface area is 105 Å². The summed E-state index contributed by atoms with van der Waals surface area (Å²) in [6.45, 7) is 2.01. The first-order valence-corrected chi connectivity index (χ1v) is 5.66. The van der Waals surface area contributed by atoms with E-state index in [2.05, 4.69) is 15.4 Å². The molecule has 0 saturated carbocycles. The van der Waals surface area contributed by atoms with Gasteiger partial charge in [0.1, 0.15) is 5.82 Å². The maximum absolute atomic E-state index is 11.3. The highest BCUT2D eigenvalue weighted by Gasteiger charge is 2.12. The SMILES string of the molecule is CCc1nn(C)cc1Nc1ncccc1C(N)=O. The quantitative estimate of drug-likeness (QED) is 0.848. The van der Waals surface area contributed by atoms with Crippen LogP contribution in [-0.2, 0) is 13.5 Å². The van der Waals surface area contributed by atoms with E-state index in [-0.39, 0.29) is 0 Å². The molecule has 0 bridgehead atoms. The van der Waals surface area contributed by atoms with Crippen molar-refractivity contribution in [3.05, 3.63) is 35.8 Å². The van der Waals surface area contributed by atoms with Crippen molar-refractivity contribution >= 4 is 17.4 Å². The molecule has 1 amide bonds. The molecule has 6 heteroatoms. The van der Waals surface area contributed by atoms with Crippen LogP contribution in [0.4, 0.5) is 11.5 Å². The van der Waals surface area contributed by atoms with Gasteiger partial charge in [0.15, 0.2) is 0 Å². The van der Waals surface area contributed by atoms with Gasteiger partial charge in [-0.25, -0.2) is 4.98 Å². The molecule has 3 N–H and O–H groups in total. The van der Waals surface area contributed by atoms with E-state index < -0.39 is 5.91 Å². The second-order valence-electron chi connectivity index (χ2n) is 3.91. The lowest BCUT2D eigenvalue weighted by Crippen LogP contribution is -2.14. The molecule has 18 heavy (non-hydrogen) atoms. The average molecular weight is 245 g/mol. The fourth-order valence-corrected chi connectivity index (χ4v) is 1.73. The van der Waals surface area contributed by atoms with Gasteiger partial charge >= 0.3 is 0 Å². The van der Waals surface area contributed by atoms with Gasteiger partial charge in [0.25, 0.3) is 5.91 Å². The molecule has 6 nitrogen and oxygen atoms in total. The summed E-state index contributed by atoms with van der Waals surface area (Å²) in [5.41, 5.74) is 7.42. The van der Waals surface area contributed by atoms with Gasteiger partial charge in [0.05, 0.1) is 16.9 Å². The summed E-state index contributed by atoms with van der Waals surface area (Å²) in [5.74, 6) is -0.0553. The Kier molecular flexibility index (Phi) is 3.27. The molecular formula is C12H15N5O. The van der Waals surface area contributed by atoms with E-state index in [1.165, 1.54) is 0 Å². The van der Waals surface area contributed by atoms with Crippen molar-refractivity contribution in [2.75, 3.05) is 5.32 Å². The second-order valence-corrected chi connectivity index (χ2v) is 3.91. The van der Waals surface area contributed by atoms with Crippen LogP contribution in [0.25, 0.3) is 0 Å². The maximum Gasteiger partial charge on any atom is 0.252 e. The van der Waals surface area contributed by atoms with E-state index in [1.54, 1.807) is 23.0 Å². The number of hydrogen-bond acceptors (Lipinski definition) is 4. The number of nitrogens with one attached hydrogen (secondary N) is 1. The number of pyridine rings is 1. The molecule has 0 fully saturated rings. The second kappa shape index (κ2) is 4.87. The van der Waals surface area contributed by atoms with Crippen molar-refractivity contribution in [2.24, 2.45) is 12.8 Å². The monoisotopic (exact) mass is 245 g/mol. The number of primary amides is 1. The number of carbonyl (C=O) groups is 1. The standard InChI is InChI=1S/C12H15N5O/c1-3-9-10(7-17(2)16-9)15-12-8(11(13)18)5-4-6-14-12/h4-7H,3H2,1-2H3,(H2,13,18)(H,14,15). The molecule has 0 radical (unpaired) electrons. The number of hydrogen-bond donors (Lipinski definition) is 2. The highest BCUT2D eigenvalue weighted by atomic mass is 16.1. The Morgan fingerprint density at radius 2 is 2.33 bits per heavy atom. The van der Waals surface area contributed by atoms with Gasteiger partial charge < -0.3 is 11.1 Å². The number of nitrogens with zero attached hydrogens (tertiary/aromatic N) is 3. The summed E-state index contributed by atoms with van der Waals surface area (Å²) in [6.07, 6.45) is 4.25. The number of aromatic nitrogens is 3. The van der Waals surface area contributed by atoms with E-state index in [4.69, 9.17) is 5.73 Å². The van der Waals surface area contributed by atoms with Crippen LogP contribution in [0, 0.1) is 0 Å². The van der Waals surface area contributed by atoms with Gasteiger partial charge in [0, 0.05) is 19.4 Å². The van der Waals surface area contributed by atoms with Crippen LogP contribution in [0.2, 0.25) is 0 Å². The average Bonchev–Trinajstić information content (AvgIpc) is 2.70. The van der Waals surface area contributed by atoms with Gasteiger partial charge in [-0.05, 0) is 18.6 Å². The molecule has 94 valence electrons. The van der Waals surface area contributed by atoms with E-state index in [9.17, 15) is 4.79 Å². The summed E-state index contributed by atoms with van der Waals surface area (Å²) in [4.78, 5) is 15.4. The van der Waals surface area contributed by atoms with E-state index >= 15 is 0 Å². The molecule has 0 unspecified atom stereocenters. The van der Waals surface area contributed by atoms with E-state index in [1.807, 2.05) is 20.2 Å². The molecule has 0 aliphatic rings. The molecule has 0 aliphatic carbocycles. The smallest absolute Gasteiger partial charge is 0.252 e. The van der Waals surface area contributed by atoms with Gasteiger partial charge in [-0.1, -0.05) is 6.92 Å². The topological polar surface area (TPSA) is 85.8 Å². The summed E-state index contributed by atoms with van der Waals surface area (Å²) >= 11 is 0. The Balaban J connectivity index is 2.36. The predicted octanol–water partition coefficient (Wildman–Crippen LogP) is 1.22. The largest absolute Gasteiger partial charge is 0.365 e. The number of anilines is 2. The van der Waals surface area contributed by atoms with Crippen LogP contribution in [0.3, 0.4) is 0 Å². The number of amides is 1. The van der Waals surface area contributed by atoms with Crippen molar-refractivity contribution in [3.8, 4) is 0 Å². The van der Waals surface area contributed by atoms with Crippen LogP contribution in [0.15, 0.2) is 24.5 Å². The van der Waals surface area contributed by atoms with Gasteiger partial charge in [-0.2, -0.15) is 5.10 Å². The summed E-state index contributed by atoms with van der Waals surface area (Å²) in [6, 6.07) is 3.31. The number of carbonyl (C=O) groups excluding carboxylic acids is 1. The highest BCUT2D eigenvalue weighted by molar-refractivity contribution is 5.98. The molecular weight excluding hydrogens is 230 g/mol. The van der Waals surface area contributed by atoms with Crippen LogP contribution in [0.1, 0.15) is 23.0 Å². The third-order valence-corrected chi connectivity index (χ3v) is 2.57. The van der Waals surface area contributed by atoms with E-state index in [0.29, 0.717) is 11.4 Å². The molecule has 2 rings (SSSR count). The highest BCUT2D eigenvalue weighted by Crippen LogP contribution is 2.21.